The van der Waals surface area contributed by atoms with Gasteiger partial charge >= 0.3 is 0 Å². The van der Waals surface area contributed by atoms with Gasteiger partial charge in [-0.2, -0.15) is 0 Å². The van der Waals surface area contributed by atoms with Crippen LogP contribution in [0.3, 0.4) is 0 Å². The van der Waals surface area contributed by atoms with Gasteiger partial charge in [-0.25, -0.2) is 0 Å². The number of amides is 2. The lowest BCUT2D eigenvalue weighted by Crippen LogP contribution is -2.53. The van der Waals surface area contributed by atoms with Crippen LogP contribution in [-0.4, -0.2) is 36.4 Å². The van der Waals surface area contributed by atoms with Gasteiger partial charge in [-0.15, -0.1) is 0 Å². The third kappa shape index (κ3) is 2.59. The molecule has 3 aliphatic rings. The number of fused-ring (bicyclic) bond motifs is 4. The zero-order valence-corrected chi connectivity index (χ0v) is 17.6. The summed E-state index contributed by atoms with van der Waals surface area (Å²) >= 11 is 0. The highest BCUT2D eigenvalue weighted by Crippen LogP contribution is 2.56. The maximum atomic E-state index is 13.6. The van der Waals surface area contributed by atoms with E-state index in [4.69, 9.17) is 4.74 Å². The lowest BCUT2D eigenvalue weighted by atomic mass is 9.77. The molecule has 2 fully saturated rings. The first-order valence-corrected chi connectivity index (χ1v) is 10.6. The molecule has 2 amide bonds. The number of benzene rings is 2. The van der Waals surface area contributed by atoms with Crippen LogP contribution in [0.4, 0.5) is 11.4 Å². The first-order valence-electron chi connectivity index (χ1n) is 10.6. The summed E-state index contributed by atoms with van der Waals surface area (Å²) in [5, 5.41) is 6.18. The average molecular weight is 405 g/mol. The minimum absolute atomic E-state index is 0.0644. The molecule has 0 radical (unpaired) electrons. The third-order valence-corrected chi connectivity index (χ3v) is 6.99. The SMILES string of the molecule is COc1ccc(NC(=O)[C@H]2C[C@H]3CCCN3[C@@]23C(=O)Nc2c(C)cc(C)cc23)cc1. The van der Waals surface area contributed by atoms with Crippen molar-refractivity contribution in [3.8, 4) is 5.75 Å². The molecule has 6 heteroatoms. The smallest absolute Gasteiger partial charge is 0.250 e. The van der Waals surface area contributed by atoms with Crippen molar-refractivity contribution < 1.29 is 14.3 Å². The Hall–Kier alpha value is -2.86. The Morgan fingerprint density at radius 1 is 1.23 bits per heavy atom. The van der Waals surface area contributed by atoms with Crippen molar-refractivity contribution in [1.29, 1.82) is 0 Å². The average Bonchev–Trinajstić information content (AvgIpc) is 3.38. The first kappa shape index (κ1) is 19.1. The highest BCUT2D eigenvalue weighted by Gasteiger charge is 2.65. The number of methoxy groups -OCH3 is 1. The molecule has 0 saturated carbocycles. The van der Waals surface area contributed by atoms with E-state index in [1.54, 1.807) is 7.11 Å². The Balaban J connectivity index is 1.57. The van der Waals surface area contributed by atoms with Gasteiger partial charge in [0.1, 0.15) is 11.3 Å². The predicted octanol–water partition coefficient (Wildman–Crippen LogP) is 3.58. The molecule has 156 valence electrons. The fraction of sp³-hybridized carbons (Fsp3) is 0.417. The monoisotopic (exact) mass is 405 g/mol. The number of carbonyl (C=O) groups is 2. The van der Waals surface area contributed by atoms with Crippen LogP contribution in [-0.2, 0) is 15.1 Å². The second kappa shape index (κ2) is 6.84. The van der Waals surface area contributed by atoms with Crippen LogP contribution in [0.5, 0.6) is 5.75 Å². The van der Waals surface area contributed by atoms with Gasteiger partial charge in [0.2, 0.25) is 11.8 Å². The van der Waals surface area contributed by atoms with Crippen LogP contribution >= 0.6 is 0 Å². The van der Waals surface area contributed by atoms with Crippen LogP contribution in [0.25, 0.3) is 0 Å². The van der Waals surface area contributed by atoms with Crippen molar-refractivity contribution in [1.82, 2.24) is 4.90 Å². The van der Waals surface area contributed by atoms with Crippen molar-refractivity contribution >= 4 is 23.2 Å². The standard InChI is InChI=1S/C24H27N3O3/c1-14-11-15(2)21-19(12-14)24(23(29)26-21)20(13-17-5-4-10-27(17)24)22(28)25-16-6-8-18(30-3)9-7-16/h6-9,11-12,17,20H,4-5,10,13H2,1-3H3,(H,25,28)(H,26,29)/t17-,20-,24-/m1/s1. The Bertz CT molecular complexity index is 1030. The molecule has 0 bridgehead atoms. The van der Waals surface area contributed by atoms with Gasteiger partial charge in [0.05, 0.1) is 13.0 Å². The minimum Gasteiger partial charge on any atom is -0.497 e. The van der Waals surface area contributed by atoms with E-state index in [-0.39, 0.29) is 17.9 Å². The van der Waals surface area contributed by atoms with Crippen molar-refractivity contribution in [3.05, 3.63) is 53.1 Å². The van der Waals surface area contributed by atoms with Crippen molar-refractivity contribution in [2.45, 2.75) is 44.7 Å². The quantitative estimate of drug-likeness (QED) is 0.819. The summed E-state index contributed by atoms with van der Waals surface area (Å²) in [5.74, 6) is 0.135. The van der Waals surface area contributed by atoms with Crippen LogP contribution in [0, 0.1) is 19.8 Å². The predicted molar refractivity (Wildman–Crippen MR) is 116 cm³/mol. The summed E-state index contributed by atoms with van der Waals surface area (Å²) in [7, 11) is 1.61. The zero-order valence-electron chi connectivity index (χ0n) is 17.6. The summed E-state index contributed by atoms with van der Waals surface area (Å²) in [6.07, 6.45) is 2.79. The van der Waals surface area contributed by atoms with Crippen LogP contribution in [0.15, 0.2) is 36.4 Å². The van der Waals surface area contributed by atoms with E-state index in [1.165, 1.54) is 0 Å². The lowest BCUT2D eigenvalue weighted by molar-refractivity contribution is -0.135. The minimum atomic E-state index is -0.927. The number of ether oxygens (including phenoxy) is 1. The van der Waals surface area contributed by atoms with Gasteiger partial charge in [0.25, 0.3) is 0 Å². The van der Waals surface area contributed by atoms with E-state index >= 15 is 0 Å². The van der Waals surface area contributed by atoms with Crippen molar-refractivity contribution in [3.63, 3.8) is 0 Å². The number of nitrogens with zero attached hydrogens (tertiary/aromatic N) is 1. The molecular formula is C24H27N3O3. The number of nitrogens with one attached hydrogen (secondary N) is 2. The maximum absolute atomic E-state index is 13.6. The molecule has 30 heavy (non-hydrogen) atoms. The Morgan fingerprint density at radius 3 is 2.73 bits per heavy atom. The van der Waals surface area contributed by atoms with Crippen molar-refractivity contribution in [2.75, 3.05) is 24.3 Å². The van der Waals surface area contributed by atoms with E-state index in [9.17, 15) is 9.59 Å². The Morgan fingerprint density at radius 2 is 2.00 bits per heavy atom. The summed E-state index contributed by atoms with van der Waals surface area (Å²) in [4.78, 5) is 29.4. The van der Waals surface area contributed by atoms with Gasteiger partial charge in [0, 0.05) is 23.0 Å². The Labute approximate surface area is 176 Å². The zero-order chi connectivity index (χ0) is 21.0. The molecule has 3 aliphatic heterocycles. The highest BCUT2D eigenvalue weighted by molar-refractivity contribution is 6.11. The van der Waals surface area contributed by atoms with Gasteiger partial charge in [0.15, 0.2) is 0 Å². The molecule has 3 heterocycles. The topological polar surface area (TPSA) is 70.7 Å². The highest BCUT2D eigenvalue weighted by atomic mass is 16.5. The fourth-order valence-electron chi connectivity index (χ4n) is 5.78. The Kier molecular flexibility index (Phi) is 4.36. The molecule has 5 rings (SSSR count). The fourth-order valence-corrected chi connectivity index (χ4v) is 5.78. The maximum Gasteiger partial charge on any atom is 0.250 e. The number of aryl methyl sites for hydroxylation is 2. The van der Waals surface area contributed by atoms with Crippen LogP contribution in [0.2, 0.25) is 0 Å². The molecule has 2 aromatic rings. The molecule has 2 aromatic carbocycles. The molecule has 0 aliphatic carbocycles. The summed E-state index contributed by atoms with van der Waals surface area (Å²) in [5.41, 5.74) is 3.78. The lowest BCUT2D eigenvalue weighted by Gasteiger charge is -2.36. The van der Waals surface area contributed by atoms with E-state index < -0.39 is 11.5 Å². The number of carbonyl (C=O) groups excluding carboxylic acids is 2. The molecule has 2 N–H and O–H groups in total. The summed E-state index contributed by atoms with van der Waals surface area (Å²) in [6.45, 7) is 4.91. The second-order valence-electron chi connectivity index (χ2n) is 8.72. The largest absolute Gasteiger partial charge is 0.497 e. The van der Waals surface area contributed by atoms with Crippen molar-refractivity contribution in [2.24, 2.45) is 5.92 Å². The van der Waals surface area contributed by atoms with E-state index in [2.05, 4.69) is 27.7 Å². The first-order chi connectivity index (χ1) is 14.4. The molecule has 1 spiro atoms. The normalized spacial score (nSPS) is 27.1. The van der Waals surface area contributed by atoms with E-state index in [1.807, 2.05) is 38.1 Å². The number of hydrogen-bond acceptors (Lipinski definition) is 4. The molecule has 0 aromatic heterocycles. The summed E-state index contributed by atoms with van der Waals surface area (Å²) in [6, 6.07) is 11.7. The molecule has 6 nitrogen and oxygen atoms in total. The number of anilines is 2. The van der Waals surface area contributed by atoms with E-state index in [0.717, 1.165) is 47.5 Å². The van der Waals surface area contributed by atoms with Crippen LogP contribution in [0.1, 0.15) is 36.0 Å². The van der Waals surface area contributed by atoms with E-state index in [0.29, 0.717) is 12.1 Å². The van der Waals surface area contributed by atoms with Gasteiger partial charge in [-0.1, -0.05) is 17.7 Å². The van der Waals surface area contributed by atoms with Gasteiger partial charge in [-0.05, 0) is 69.5 Å². The molecular weight excluding hydrogens is 378 g/mol. The molecule has 0 unspecified atom stereocenters. The number of rotatable bonds is 3. The summed E-state index contributed by atoms with van der Waals surface area (Å²) < 4.78 is 5.20. The third-order valence-electron chi connectivity index (χ3n) is 6.99. The van der Waals surface area contributed by atoms with Gasteiger partial charge < -0.3 is 15.4 Å². The number of hydrogen-bond donors (Lipinski definition) is 2. The van der Waals surface area contributed by atoms with Crippen LogP contribution < -0.4 is 15.4 Å². The molecule has 3 atom stereocenters. The molecule has 2 saturated heterocycles. The second-order valence-corrected chi connectivity index (χ2v) is 8.72. The van der Waals surface area contributed by atoms with Gasteiger partial charge in [-0.3, -0.25) is 14.5 Å².